The zero-order chi connectivity index (χ0) is 23.7. The first kappa shape index (κ1) is 25.0. The molecule has 2 N–H and O–H groups in total. The summed E-state index contributed by atoms with van der Waals surface area (Å²) in [6.45, 7) is 4.01. The molecule has 0 spiro atoms. The Morgan fingerprint density at radius 2 is 1.69 bits per heavy atom. The molecule has 2 rings (SSSR count). The molecule has 0 saturated carbocycles. The molecule has 0 unspecified atom stereocenters. The number of urea groups is 1. The topological polar surface area (TPSA) is 69.6 Å². The Kier molecular flexibility index (Phi) is 9.38. The predicted octanol–water partition coefficient (Wildman–Crippen LogP) is 6.24. The maximum atomic E-state index is 14.5. The van der Waals surface area contributed by atoms with E-state index in [-0.39, 0.29) is 17.2 Å². The van der Waals surface area contributed by atoms with Gasteiger partial charge in [-0.05, 0) is 54.8 Å². The SMILES string of the molecule is CCCCCCCNC(=O)N(C)c1cccc(-c2cc(F)c(/C=C(\C)C(=O)O)c(F)c2)c1. The maximum Gasteiger partial charge on any atom is 0.331 e. The Balaban J connectivity index is 2.14. The number of unbranched alkanes of at least 4 members (excludes halogenated alkanes) is 4. The van der Waals surface area contributed by atoms with Gasteiger partial charge in [-0.1, -0.05) is 44.7 Å². The predicted molar refractivity (Wildman–Crippen MR) is 124 cm³/mol. The molecule has 0 bridgehead atoms. The van der Waals surface area contributed by atoms with Crippen LogP contribution in [-0.4, -0.2) is 30.7 Å². The molecule has 2 amide bonds. The van der Waals surface area contributed by atoms with Gasteiger partial charge in [0.05, 0.1) is 0 Å². The number of nitrogens with one attached hydrogen (secondary N) is 1. The number of aliphatic carboxylic acids is 1. The van der Waals surface area contributed by atoms with Gasteiger partial charge in [0.15, 0.2) is 0 Å². The van der Waals surface area contributed by atoms with Gasteiger partial charge in [0.1, 0.15) is 11.6 Å². The van der Waals surface area contributed by atoms with Crippen molar-refractivity contribution in [2.45, 2.75) is 46.0 Å². The Morgan fingerprint density at radius 3 is 2.31 bits per heavy atom. The summed E-state index contributed by atoms with van der Waals surface area (Å²) in [6, 6.07) is 8.86. The number of anilines is 1. The first-order valence-corrected chi connectivity index (χ1v) is 10.8. The molecule has 0 fully saturated rings. The highest BCUT2D eigenvalue weighted by molar-refractivity contribution is 5.92. The van der Waals surface area contributed by atoms with Gasteiger partial charge in [-0.3, -0.25) is 4.90 Å². The molecule has 0 aliphatic heterocycles. The number of carbonyl (C=O) groups is 2. The van der Waals surface area contributed by atoms with Crippen LogP contribution in [0.15, 0.2) is 42.0 Å². The molecular formula is C25H30F2N2O3. The van der Waals surface area contributed by atoms with Crippen molar-refractivity contribution in [3.05, 3.63) is 59.2 Å². The number of rotatable bonds is 10. The number of carboxylic acids is 1. The molecule has 5 nitrogen and oxygen atoms in total. The third kappa shape index (κ3) is 6.90. The van der Waals surface area contributed by atoms with Crippen LogP contribution in [-0.2, 0) is 4.79 Å². The van der Waals surface area contributed by atoms with Crippen LogP contribution in [0.5, 0.6) is 0 Å². The van der Waals surface area contributed by atoms with Crippen molar-refractivity contribution in [3.8, 4) is 11.1 Å². The number of hydrogen-bond donors (Lipinski definition) is 2. The molecular weight excluding hydrogens is 414 g/mol. The monoisotopic (exact) mass is 444 g/mol. The smallest absolute Gasteiger partial charge is 0.331 e. The summed E-state index contributed by atoms with van der Waals surface area (Å²) < 4.78 is 29.0. The molecule has 0 aliphatic carbocycles. The highest BCUT2D eigenvalue weighted by atomic mass is 19.1. The highest BCUT2D eigenvalue weighted by Crippen LogP contribution is 2.28. The van der Waals surface area contributed by atoms with E-state index in [0.717, 1.165) is 37.5 Å². The third-order valence-corrected chi connectivity index (χ3v) is 5.21. The number of carbonyl (C=O) groups excluding carboxylic acids is 1. The third-order valence-electron chi connectivity index (χ3n) is 5.21. The zero-order valence-electron chi connectivity index (χ0n) is 18.8. The van der Waals surface area contributed by atoms with E-state index in [2.05, 4.69) is 12.2 Å². The minimum absolute atomic E-state index is 0.171. The number of nitrogens with zero attached hydrogens (tertiary/aromatic N) is 1. The Morgan fingerprint density at radius 1 is 1.03 bits per heavy atom. The quantitative estimate of drug-likeness (QED) is 0.337. The van der Waals surface area contributed by atoms with Gasteiger partial charge in [-0.25, -0.2) is 18.4 Å². The lowest BCUT2D eigenvalue weighted by Gasteiger charge is -2.19. The van der Waals surface area contributed by atoms with Crippen LogP contribution in [0.4, 0.5) is 19.3 Å². The number of amides is 2. The summed E-state index contributed by atoms with van der Waals surface area (Å²) >= 11 is 0. The molecule has 2 aromatic carbocycles. The van der Waals surface area contributed by atoms with E-state index in [0.29, 0.717) is 17.8 Å². The van der Waals surface area contributed by atoms with Crippen molar-refractivity contribution in [1.29, 1.82) is 0 Å². The fraction of sp³-hybridized carbons (Fsp3) is 0.360. The fourth-order valence-electron chi connectivity index (χ4n) is 3.22. The van der Waals surface area contributed by atoms with E-state index in [4.69, 9.17) is 5.11 Å². The second kappa shape index (κ2) is 12.0. The number of benzene rings is 2. The molecule has 7 heteroatoms. The fourth-order valence-corrected chi connectivity index (χ4v) is 3.22. The lowest BCUT2D eigenvalue weighted by molar-refractivity contribution is -0.132. The lowest BCUT2D eigenvalue weighted by atomic mass is 10.0. The van der Waals surface area contributed by atoms with E-state index < -0.39 is 23.2 Å². The minimum atomic E-state index is -1.25. The Bertz CT molecular complexity index is 966. The number of carboxylic acid groups (broad SMARTS) is 1. The van der Waals surface area contributed by atoms with Gasteiger partial charge in [-0.15, -0.1) is 0 Å². The second-order valence-corrected chi connectivity index (χ2v) is 7.74. The van der Waals surface area contributed by atoms with Gasteiger partial charge in [0, 0.05) is 30.4 Å². The summed E-state index contributed by atoms with van der Waals surface area (Å²) in [6.07, 6.45) is 6.47. The van der Waals surface area contributed by atoms with E-state index in [9.17, 15) is 18.4 Å². The second-order valence-electron chi connectivity index (χ2n) is 7.74. The summed E-state index contributed by atoms with van der Waals surface area (Å²) in [5, 5.41) is 11.8. The molecule has 0 saturated heterocycles. The molecule has 0 heterocycles. The lowest BCUT2D eigenvalue weighted by Crippen LogP contribution is -2.37. The normalized spacial score (nSPS) is 11.3. The molecule has 2 aromatic rings. The molecule has 0 radical (unpaired) electrons. The first-order valence-electron chi connectivity index (χ1n) is 10.8. The molecule has 0 aliphatic rings. The number of halogens is 2. The van der Waals surface area contributed by atoms with Crippen LogP contribution in [0, 0.1) is 11.6 Å². The van der Waals surface area contributed by atoms with Gasteiger partial charge in [0.25, 0.3) is 0 Å². The van der Waals surface area contributed by atoms with Crippen molar-refractivity contribution in [1.82, 2.24) is 5.32 Å². The Labute approximate surface area is 187 Å². The van der Waals surface area contributed by atoms with Crippen LogP contribution in [0.25, 0.3) is 17.2 Å². The first-order chi connectivity index (χ1) is 15.2. The largest absolute Gasteiger partial charge is 0.478 e. The van der Waals surface area contributed by atoms with Crippen molar-refractivity contribution in [3.63, 3.8) is 0 Å². The van der Waals surface area contributed by atoms with Crippen molar-refractivity contribution < 1.29 is 23.5 Å². The standard InChI is InChI=1S/C25H30F2N2O3/c1-4-5-6-7-8-12-28-25(32)29(3)20-11-9-10-18(14-20)19-15-22(26)21(23(27)16-19)13-17(2)24(30)31/h9-11,13-16H,4-8,12H2,1-3H3,(H,28,32)(H,30,31)/b17-13+. The van der Waals surface area contributed by atoms with Crippen LogP contribution < -0.4 is 10.2 Å². The summed E-state index contributed by atoms with van der Waals surface area (Å²) in [5.74, 6) is -2.97. The van der Waals surface area contributed by atoms with Crippen LogP contribution in [0.3, 0.4) is 0 Å². The van der Waals surface area contributed by atoms with E-state index in [1.807, 2.05) is 0 Å². The van der Waals surface area contributed by atoms with Crippen LogP contribution in [0.2, 0.25) is 0 Å². The van der Waals surface area contributed by atoms with Crippen molar-refractivity contribution >= 4 is 23.8 Å². The van der Waals surface area contributed by atoms with Crippen molar-refractivity contribution in [2.75, 3.05) is 18.5 Å². The van der Waals surface area contributed by atoms with E-state index >= 15 is 0 Å². The van der Waals surface area contributed by atoms with Crippen LogP contribution in [0.1, 0.15) is 51.5 Å². The van der Waals surface area contributed by atoms with E-state index in [1.54, 1.807) is 31.3 Å². The maximum absolute atomic E-state index is 14.5. The van der Waals surface area contributed by atoms with Gasteiger partial charge in [0.2, 0.25) is 0 Å². The van der Waals surface area contributed by atoms with Gasteiger partial charge < -0.3 is 10.4 Å². The van der Waals surface area contributed by atoms with Gasteiger partial charge >= 0.3 is 12.0 Å². The average Bonchev–Trinajstić information content (AvgIpc) is 2.77. The Hall–Kier alpha value is -3.22. The highest BCUT2D eigenvalue weighted by Gasteiger charge is 2.15. The molecule has 0 aromatic heterocycles. The summed E-state index contributed by atoms with van der Waals surface area (Å²) in [7, 11) is 1.63. The van der Waals surface area contributed by atoms with Crippen LogP contribution >= 0.6 is 0 Å². The summed E-state index contributed by atoms with van der Waals surface area (Å²) in [4.78, 5) is 24.8. The van der Waals surface area contributed by atoms with E-state index in [1.165, 1.54) is 24.7 Å². The summed E-state index contributed by atoms with van der Waals surface area (Å²) in [5.41, 5.74) is 0.829. The zero-order valence-corrected chi connectivity index (χ0v) is 18.8. The molecule has 32 heavy (non-hydrogen) atoms. The van der Waals surface area contributed by atoms with Gasteiger partial charge in [-0.2, -0.15) is 0 Å². The number of hydrogen-bond acceptors (Lipinski definition) is 2. The molecule has 0 atom stereocenters. The van der Waals surface area contributed by atoms with Crippen molar-refractivity contribution in [2.24, 2.45) is 0 Å². The average molecular weight is 445 g/mol. The molecule has 172 valence electrons. The minimum Gasteiger partial charge on any atom is -0.478 e.